The number of carbonyl (C=O) groups excluding carboxylic acids is 1. The average molecular weight is 340 g/mol. The minimum Gasteiger partial charge on any atom is -0.480 e. The van der Waals surface area contributed by atoms with Crippen LogP contribution in [0.3, 0.4) is 0 Å². The molecule has 1 unspecified atom stereocenters. The molecule has 0 saturated carbocycles. The van der Waals surface area contributed by atoms with Crippen LogP contribution in [-0.4, -0.2) is 37.8 Å². The molecule has 3 rings (SSSR count). The fourth-order valence-corrected chi connectivity index (χ4v) is 3.05. The molecule has 2 heterocycles. The van der Waals surface area contributed by atoms with E-state index in [-0.39, 0.29) is 6.42 Å². The van der Waals surface area contributed by atoms with Crippen LogP contribution in [0.1, 0.15) is 27.3 Å². The largest absolute Gasteiger partial charge is 0.480 e. The molecule has 0 bridgehead atoms. The summed E-state index contributed by atoms with van der Waals surface area (Å²) < 4.78 is 1.61. The Morgan fingerprint density at radius 2 is 2.04 bits per heavy atom. The van der Waals surface area contributed by atoms with E-state index in [0.717, 1.165) is 16.5 Å². The van der Waals surface area contributed by atoms with E-state index in [1.807, 2.05) is 24.3 Å². The van der Waals surface area contributed by atoms with Crippen molar-refractivity contribution < 1.29 is 14.7 Å². The number of fused-ring (bicyclic) bond motifs is 1. The van der Waals surface area contributed by atoms with Gasteiger partial charge in [0.15, 0.2) is 0 Å². The number of para-hydroxylation sites is 1. The number of aryl methyl sites for hydroxylation is 2. The summed E-state index contributed by atoms with van der Waals surface area (Å²) >= 11 is 0. The Bertz CT molecular complexity index is 955. The highest BCUT2D eigenvalue weighted by atomic mass is 16.4. The van der Waals surface area contributed by atoms with Crippen LogP contribution >= 0.6 is 0 Å². The lowest BCUT2D eigenvalue weighted by Crippen LogP contribution is -2.42. The number of amides is 1. The van der Waals surface area contributed by atoms with E-state index in [2.05, 4.69) is 15.4 Å². The Labute approximate surface area is 144 Å². The summed E-state index contributed by atoms with van der Waals surface area (Å²) in [7, 11) is 1.75. The van der Waals surface area contributed by atoms with Gasteiger partial charge >= 0.3 is 5.97 Å². The Hall–Kier alpha value is -3.09. The van der Waals surface area contributed by atoms with Crippen LogP contribution in [0.15, 0.2) is 30.5 Å². The van der Waals surface area contributed by atoms with Gasteiger partial charge in [-0.15, -0.1) is 0 Å². The smallest absolute Gasteiger partial charge is 0.326 e. The number of benzene rings is 1. The van der Waals surface area contributed by atoms with Gasteiger partial charge in [0.25, 0.3) is 5.91 Å². The summed E-state index contributed by atoms with van der Waals surface area (Å²) in [6.07, 6.45) is 1.98. The highest BCUT2D eigenvalue weighted by Crippen LogP contribution is 2.19. The molecule has 7 nitrogen and oxygen atoms in total. The molecule has 0 radical (unpaired) electrons. The summed E-state index contributed by atoms with van der Waals surface area (Å²) in [5, 5.41) is 17.3. The molecule has 0 spiro atoms. The number of carboxylic acids is 1. The fraction of sp³-hybridized carbons (Fsp3) is 0.278. The highest BCUT2D eigenvalue weighted by molar-refractivity contribution is 5.98. The molecule has 25 heavy (non-hydrogen) atoms. The lowest BCUT2D eigenvalue weighted by molar-refractivity contribution is -0.139. The number of carbonyl (C=O) groups is 2. The zero-order chi connectivity index (χ0) is 18.1. The van der Waals surface area contributed by atoms with Gasteiger partial charge in [-0.3, -0.25) is 9.48 Å². The third-order valence-corrected chi connectivity index (χ3v) is 4.44. The van der Waals surface area contributed by atoms with Crippen molar-refractivity contribution in [3.05, 3.63) is 53.0 Å². The molecular weight excluding hydrogens is 320 g/mol. The first-order valence-corrected chi connectivity index (χ1v) is 7.97. The predicted molar refractivity (Wildman–Crippen MR) is 93.6 cm³/mol. The van der Waals surface area contributed by atoms with E-state index in [9.17, 15) is 14.7 Å². The van der Waals surface area contributed by atoms with Crippen molar-refractivity contribution in [1.29, 1.82) is 0 Å². The molecule has 0 saturated heterocycles. The Balaban J connectivity index is 1.84. The number of hydrogen-bond acceptors (Lipinski definition) is 3. The molecule has 1 amide bonds. The summed E-state index contributed by atoms with van der Waals surface area (Å²) in [6.45, 7) is 3.52. The first-order valence-electron chi connectivity index (χ1n) is 7.97. The van der Waals surface area contributed by atoms with E-state index >= 15 is 0 Å². The Morgan fingerprint density at radius 1 is 1.32 bits per heavy atom. The van der Waals surface area contributed by atoms with Gasteiger partial charge in [0.1, 0.15) is 6.04 Å². The number of nitrogens with one attached hydrogen (secondary N) is 2. The lowest BCUT2D eigenvalue weighted by Gasteiger charge is -2.14. The van der Waals surface area contributed by atoms with Gasteiger partial charge in [-0.05, 0) is 25.5 Å². The Kier molecular flexibility index (Phi) is 4.31. The maximum absolute atomic E-state index is 12.6. The number of carboxylic acid groups (broad SMARTS) is 1. The quantitative estimate of drug-likeness (QED) is 0.661. The predicted octanol–water partition coefficient (Wildman–Crippen LogP) is 1.94. The van der Waals surface area contributed by atoms with Gasteiger partial charge in [0, 0.05) is 36.3 Å². The van der Waals surface area contributed by atoms with Crippen molar-refractivity contribution in [1.82, 2.24) is 20.1 Å². The van der Waals surface area contributed by atoms with E-state index in [4.69, 9.17) is 0 Å². The molecule has 7 heteroatoms. The van der Waals surface area contributed by atoms with Crippen LogP contribution in [0.2, 0.25) is 0 Å². The van der Waals surface area contributed by atoms with E-state index in [1.165, 1.54) is 0 Å². The van der Waals surface area contributed by atoms with Crippen molar-refractivity contribution in [3.63, 3.8) is 0 Å². The van der Waals surface area contributed by atoms with E-state index in [0.29, 0.717) is 17.0 Å². The second-order valence-electron chi connectivity index (χ2n) is 6.10. The van der Waals surface area contributed by atoms with Crippen LogP contribution in [0.4, 0.5) is 0 Å². The number of aromatic amines is 1. The summed E-state index contributed by atoms with van der Waals surface area (Å²) in [5.41, 5.74) is 3.49. The topological polar surface area (TPSA) is 100 Å². The lowest BCUT2D eigenvalue weighted by atomic mass is 10.0. The third-order valence-electron chi connectivity index (χ3n) is 4.44. The minimum absolute atomic E-state index is 0.198. The number of nitrogens with zero attached hydrogens (tertiary/aromatic N) is 2. The van der Waals surface area contributed by atoms with Crippen LogP contribution < -0.4 is 5.32 Å². The molecule has 1 atom stereocenters. The third kappa shape index (κ3) is 3.13. The molecule has 1 aromatic carbocycles. The summed E-state index contributed by atoms with van der Waals surface area (Å²) in [4.78, 5) is 27.3. The van der Waals surface area contributed by atoms with Crippen LogP contribution in [0, 0.1) is 13.8 Å². The first-order chi connectivity index (χ1) is 11.9. The second kappa shape index (κ2) is 6.43. The number of rotatable bonds is 5. The van der Waals surface area contributed by atoms with Crippen molar-refractivity contribution in [2.45, 2.75) is 26.3 Å². The summed E-state index contributed by atoms with van der Waals surface area (Å²) in [5.74, 6) is -1.49. The molecule has 3 N–H and O–H groups in total. The average Bonchev–Trinajstić information content (AvgIpc) is 3.08. The fourth-order valence-electron chi connectivity index (χ4n) is 3.05. The van der Waals surface area contributed by atoms with Crippen molar-refractivity contribution in [2.24, 2.45) is 7.05 Å². The number of aliphatic carboxylic acids is 1. The molecule has 0 aliphatic heterocycles. The first kappa shape index (κ1) is 16.8. The standard InChI is InChI=1S/C18H20N4O3/c1-10-16(11(2)22(3)21-10)17(23)20-15(18(24)25)8-12-9-19-14-7-5-4-6-13(12)14/h4-7,9,15,19H,8H2,1-3H3,(H,20,23)(H,24,25). The molecule has 0 aliphatic carbocycles. The van der Waals surface area contributed by atoms with Gasteiger partial charge in [0.2, 0.25) is 0 Å². The van der Waals surface area contributed by atoms with Gasteiger partial charge in [-0.2, -0.15) is 5.10 Å². The van der Waals surface area contributed by atoms with Crippen LogP contribution in [0.5, 0.6) is 0 Å². The molecular formula is C18H20N4O3. The Morgan fingerprint density at radius 3 is 2.68 bits per heavy atom. The molecule has 0 fully saturated rings. The number of H-pyrrole nitrogens is 1. The van der Waals surface area contributed by atoms with E-state index in [1.54, 1.807) is 31.8 Å². The maximum atomic E-state index is 12.6. The molecule has 3 aromatic rings. The molecule has 130 valence electrons. The SMILES string of the molecule is Cc1nn(C)c(C)c1C(=O)NC(Cc1c[nH]c2ccccc12)C(=O)O. The molecule has 2 aromatic heterocycles. The maximum Gasteiger partial charge on any atom is 0.326 e. The minimum atomic E-state index is -1.07. The van der Waals surface area contributed by atoms with Gasteiger partial charge in [-0.1, -0.05) is 18.2 Å². The van der Waals surface area contributed by atoms with Gasteiger partial charge < -0.3 is 15.4 Å². The highest BCUT2D eigenvalue weighted by Gasteiger charge is 2.25. The van der Waals surface area contributed by atoms with Crippen molar-refractivity contribution in [3.8, 4) is 0 Å². The number of aromatic nitrogens is 3. The van der Waals surface area contributed by atoms with E-state index < -0.39 is 17.9 Å². The van der Waals surface area contributed by atoms with Crippen molar-refractivity contribution in [2.75, 3.05) is 0 Å². The monoisotopic (exact) mass is 340 g/mol. The number of hydrogen-bond donors (Lipinski definition) is 3. The van der Waals surface area contributed by atoms with Crippen molar-refractivity contribution >= 4 is 22.8 Å². The molecule has 0 aliphatic rings. The second-order valence-corrected chi connectivity index (χ2v) is 6.10. The van der Waals surface area contributed by atoms with Crippen LogP contribution in [0.25, 0.3) is 10.9 Å². The van der Waals surface area contributed by atoms with Crippen LogP contribution in [-0.2, 0) is 18.3 Å². The normalized spacial score (nSPS) is 12.3. The summed E-state index contributed by atoms with van der Waals surface area (Å²) in [6, 6.07) is 6.64. The zero-order valence-corrected chi connectivity index (χ0v) is 14.3. The zero-order valence-electron chi connectivity index (χ0n) is 14.3. The van der Waals surface area contributed by atoms with Gasteiger partial charge in [-0.25, -0.2) is 4.79 Å². The van der Waals surface area contributed by atoms with Gasteiger partial charge in [0.05, 0.1) is 11.3 Å².